The molecule has 2 rings (SSSR count). The number of ether oxygens (including phenoxy) is 1. The zero-order valence-electron chi connectivity index (χ0n) is 13.5. The number of anilines is 1. The first-order chi connectivity index (χ1) is 11.2. The summed E-state index contributed by atoms with van der Waals surface area (Å²) in [5.41, 5.74) is 1.47. The molecule has 0 saturated heterocycles. The minimum atomic E-state index is -0.199. The predicted molar refractivity (Wildman–Crippen MR) is 89.8 cm³/mol. The van der Waals surface area contributed by atoms with E-state index in [1.807, 2.05) is 24.3 Å². The number of benzene rings is 1. The molecule has 0 aliphatic rings. The summed E-state index contributed by atoms with van der Waals surface area (Å²) in [5, 5.41) is 6.01. The largest absolute Gasteiger partial charge is 0.497 e. The zero-order valence-corrected chi connectivity index (χ0v) is 13.5. The van der Waals surface area contributed by atoms with Crippen LogP contribution in [0.5, 0.6) is 5.75 Å². The standard InChI is InChI=1S/C17H22N4O2/c1-3-8-18-16-11-15(20-12-21-16)17(22)19-9-7-13-5-4-6-14(10-13)23-2/h4-6,10-12H,3,7-9H2,1-2H3,(H,19,22)(H,18,20,21). The molecule has 0 aliphatic carbocycles. The highest BCUT2D eigenvalue weighted by Gasteiger charge is 2.08. The van der Waals surface area contributed by atoms with Gasteiger partial charge in [0.25, 0.3) is 5.91 Å². The van der Waals surface area contributed by atoms with E-state index in [2.05, 4.69) is 27.5 Å². The number of rotatable bonds is 8. The Hall–Kier alpha value is -2.63. The lowest BCUT2D eigenvalue weighted by Crippen LogP contribution is -2.26. The summed E-state index contributed by atoms with van der Waals surface area (Å²) in [5.74, 6) is 1.28. The van der Waals surface area contributed by atoms with Crippen molar-refractivity contribution in [2.24, 2.45) is 0 Å². The van der Waals surface area contributed by atoms with Gasteiger partial charge in [0.2, 0.25) is 0 Å². The molecule has 122 valence electrons. The van der Waals surface area contributed by atoms with Crippen molar-refractivity contribution in [3.63, 3.8) is 0 Å². The lowest BCUT2D eigenvalue weighted by molar-refractivity contribution is 0.0949. The molecule has 1 aromatic carbocycles. The van der Waals surface area contributed by atoms with Crippen molar-refractivity contribution in [2.45, 2.75) is 19.8 Å². The Bertz CT molecular complexity index is 646. The molecule has 0 atom stereocenters. The Morgan fingerprint density at radius 3 is 2.87 bits per heavy atom. The Morgan fingerprint density at radius 2 is 2.09 bits per heavy atom. The van der Waals surface area contributed by atoms with Crippen molar-refractivity contribution in [2.75, 3.05) is 25.5 Å². The molecule has 6 nitrogen and oxygen atoms in total. The van der Waals surface area contributed by atoms with E-state index in [0.29, 0.717) is 18.1 Å². The van der Waals surface area contributed by atoms with Crippen molar-refractivity contribution in [1.82, 2.24) is 15.3 Å². The van der Waals surface area contributed by atoms with Gasteiger partial charge in [-0.25, -0.2) is 9.97 Å². The van der Waals surface area contributed by atoms with E-state index in [4.69, 9.17) is 4.74 Å². The molecule has 0 spiro atoms. The second-order valence-electron chi connectivity index (χ2n) is 5.07. The number of carbonyl (C=O) groups is 1. The van der Waals surface area contributed by atoms with Gasteiger partial charge in [-0.15, -0.1) is 0 Å². The second kappa shape index (κ2) is 8.73. The highest BCUT2D eigenvalue weighted by Crippen LogP contribution is 2.12. The van der Waals surface area contributed by atoms with E-state index >= 15 is 0 Å². The maximum absolute atomic E-state index is 12.1. The van der Waals surface area contributed by atoms with Gasteiger partial charge in [0.05, 0.1) is 7.11 Å². The number of aromatic nitrogens is 2. The normalized spacial score (nSPS) is 10.2. The van der Waals surface area contributed by atoms with Crippen LogP contribution in [0.3, 0.4) is 0 Å². The number of amides is 1. The summed E-state index contributed by atoms with van der Waals surface area (Å²) in [6, 6.07) is 9.46. The lowest BCUT2D eigenvalue weighted by Gasteiger charge is -2.08. The first kappa shape index (κ1) is 16.7. The lowest BCUT2D eigenvalue weighted by atomic mass is 10.1. The minimum absolute atomic E-state index is 0.199. The molecule has 1 amide bonds. The van der Waals surface area contributed by atoms with Gasteiger partial charge in [-0.3, -0.25) is 4.79 Å². The highest BCUT2D eigenvalue weighted by molar-refractivity contribution is 5.92. The van der Waals surface area contributed by atoms with E-state index in [9.17, 15) is 4.79 Å². The zero-order chi connectivity index (χ0) is 16.5. The Balaban J connectivity index is 1.86. The first-order valence-corrected chi connectivity index (χ1v) is 7.70. The average Bonchev–Trinajstić information content (AvgIpc) is 2.60. The predicted octanol–water partition coefficient (Wildman–Crippen LogP) is 2.28. The van der Waals surface area contributed by atoms with Crippen LogP contribution < -0.4 is 15.4 Å². The van der Waals surface area contributed by atoms with Gasteiger partial charge in [-0.05, 0) is 30.5 Å². The summed E-state index contributed by atoms with van der Waals surface area (Å²) >= 11 is 0. The molecule has 0 radical (unpaired) electrons. The fraction of sp³-hybridized carbons (Fsp3) is 0.353. The molecule has 0 saturated carbocycles. The summed E-state index contributed by atoms with van der Waals surface area (Å²) in [7, 11) is 1.64. The van der Waals surface area contributed by atoms with Gasteiger partial charge in [-0.1, -0.05) is 19.1 Å². The molecule has 1 aromatic heterocycles. The van der Waals surface area contributed by atoms with Crippen molar-refractivity contribution in [3.05, 3.63) is 47.9 Å². The summed E-state index contributed by atoms with van der Waals surface area (Å²) < 4.78 is 5.19. The van der Waals surface area contributed by atoms with Crippen LogP contribution in [0.1, 0.15) is 29.4 Å². The minimum Gasteiger partial charge on any atom is -0.497 e. The van der Waals surface area contributed by atoms with Crippen LogP contribution in [0.4, 0.5) is 5.82 Å². The van der Waals surface area contributed by atoms with Crippen molar-refractivity contribution < 1.29 is 9.53 Å². The van der Waals surface area contributed by atoms with E-state index < -0.39 is 0 Å². The van der Waals surface area contributed by atoms with E-state index in [0.717, 1.165) is 30.7 Å². The van der Waals surface area contributed by atoms with Gasteiger partial charge in [0, 0.05) is 19.2 Å². The summed E-state index contributed by atoms with van der Waals surface area (Å²) in [6.07, 6.45) is 3.12. The van der Waals surface area contributed by atoms with Crippen LogP contribution in [0.15, 0.2) is 36.7 Å². The molecule has 1 heterocycles. The van der Waals surface area contributed by atoms with Crippen LogP contribution in [0, 0.1) is 0 Å². The van der Waals surface area contributed by atoms with Gasteiger partial charge in [-0.2, -0.15) is 0 Å². The molecule has 2 aromatic rings. The number of carbonyl (C=O) groups excluding carboxylic acids is 1. The van der Waals surface area contributed by atoms with Gasteiger partial charge in [0.15, 0.2) is 0 Å². The Morgan fingerprint density at radius 1 is 1.22 bits per heavy atom. The Kier molecular flexibility index (Phi) is 6.35. The topological polar surface area (TPSA) is 76.1 Å². The third kappa shape index (κ3) is 5.25. The smallest absolute Gasteiger partial charge is 0.270 e. The van der Waals surface area contributed by atoms with Crippen LogP contribution in [0.25, 0.3) is 0 Å². The van der Waals surface area contributed by atoms with Crippen LogP contribution >= 0.6 is 0 Å². The quantitative estimate of drug-likeness (QED) is 0.782. The van der Waals surface area contributed by atoms with E-state index in [-0.39, 0.29) is 5.91 Å². The van der Waals surface area contributed by atoms with Crippen LogP contribution in [-0.2, 0) is 6.42 Å². The SMILES string of the molecule is CCCNc1cc(C(=O)NCCc2cccc(OC)c2)ncn1. The maximum atomic E-state index is 12.1. The van der Waals surface area contributed by atoms with Gasteiger partial charge in [0.1, 0.15) is 23.6 Å². The average molecular weight is 314 g/mol. The number of nitrogens with one attached hydrogen (secondary N) is 2. The molecule has 0 fully saturated rings. The molecule has 23 heavy (non-hydrogen) atoms. The van der Waals surface area contributed by atoms with Gasteiger partial charge < -0.3 is 15.4 Å². The molecular weight excluding hydrogens is 292 g/mol. The van der Waals surface area contributed by atoms with Crippen LogP contribution in [-0.4, -0.2) is 36.1 Å². The molecule has 2 N–H and O–H groups in total. The Labute approximate surface area is 136 Å². The van der Waals surface area contributed by atoms with E-state index in [1.54, 1.807) is 13.2 Å². The summed E-state index contributed by atoms with van der Waals surface area (Å²) in [6.45, 7) is 3.42. The first-order valence-electron chi connectivity index (χ1n) is 7.70. The fourth-order valence-electron chi connectivity index (χ4n) is 2.07. The molecule has 6 heteroatoms. The van der Waals surface area contributed by atoms with Gasteiger partial charge >= 0.3 is 0 Å². The second-order valence-corrected chi connectivity index (χ2v) is 5.07. The molecule has 0 unspecified atom stereocenters. The molecule has 0 aliphatic heterocycles. The number of hydrogen-bond acceptors (Lipinski definition) is 5. The third-order valence-electron chi connectivity index (χ3n) is 3.29. The number of hydrogen-bond donors (Lipinski definition) is 2. The molecular formula is C17H22N4O2. The maximum Gasteiger partial charge on any atom is 0.270 e. The fourth-order valence-corrected chi connectivity index (χ4v) is 2.07. The van der Waals surface area contributed by atoms with Crippen LogP contribution in [0.2, 0.25) is 0 Å². The molecule has 0 bridgehead atoms. The van der Waals surface area contributed by atoms with Crippen molar-refractivity contribution in [3.8, 4) is 5.75 Å². The number of methoxy groups -OCH3 is 1. The van der Waals surface area contributed by atoms with Crippen molar-refractivity contribution in [1.29, 1.82) is 0 Å². The summed E-state index contributed by atoms with van der Waals surface area (Å²) in [4.78, 5) is 20.2. The third-order valence-corrected chi connectivity index (χ3v) is 3.29. The van der Waals surface area contributed by atoms with E-state index in [1.165, 1.54) is 6.33 Å². The monoisotopic (exact) mass is 314 g/mol. The van der Waals surface area contributed by atoms with Crippen molar-refractivity contribution >= 4 is 11.7 Å². The highest BCUT2D eigenvalue weighted by atomic mass is 16.5. The number of nitrogens with zero attached hydrogens (tertiary/aromatic N) is 2.